The number of hydrogen-bond acceptors (Lipinski definition) is 2. The summed E-state index contributed by atoms with van der Waals surface area (Å²) in [7, 11) is 0. The molecule has 1 N–H and O–H groups in total. The molecular formula is C14H26N2. The summed E-state index contributed by atoms with van der Waals surface area (Å²) in [4.78, 5) is 2.70. The third kappa shape index (κ3) is 2.28. The lowest BCUT2D eigenvalue weighted by atomic mass is 9.73. The lowest BCUT2D eigenvalue weighted by Gasteiger charge is -2.51. The lowest BCUT2D eigenvalue weighted by Crippen LogP contribution is -2.58. The number of rotatable bonds is 2. The van der Waals surface area contributed by atoms with Crippen LogP contribution in [0.4, 0.5) is 0 Å². The van der Waals surface area contributed by atoms with Crippen LogP contribution in [0, 0.1) is 5.41 Å². The summed E-state index contributed by atoms with van der Waals surface area (Å²) in [5, 5.41) is 3.62. The van der Waals surface area contributed by atoms with Gasteiger partial charge in [0.25, 0.3) is 0 Å². The van der Waals surface area contributed by atoms with Gasteiger partial charge in [-0.25, -0.2) is 0 Å². The summed E-state index contributed by atoms with van der Waals surface area (Å²) >= 11 is 0. The zero-order chi connectivity index (χ0) is 10.8. The Hall–Kier alpha value is -0.0800. The van der Waals surface area contributed by atoms with E-state index in [1.807, 2.05) is 0 Å². The topological polar surface area (TPSA) is 15.3 Å². The van der Waals surface area contributed by atoms with Crippen LogP contribution in [0.3, 0.4) is 0 Å². The summed E-state index contributed by atoms with van der Waals surface area (Å²) in [5.41, 5.74) is 0.759. The maximum Gasteiger partial charge on any atom is 0.0195 e. The molecule has 1 spiro atoms. The van der Waals surface area contributed by atoms with Crippen molar-refractivity contribution in [2.75, 3.05) is 26.2 Å². The van der Waals surface area contributed by atoms with Crippen molar-refractivity contribution in [1.82, 2.24) is 10.2 Å². The van der Waals surface area contributed by atoms with E-state index in [4.69, 9.17) is 0 Å². The van der Waals surface area contributed by atoms with Gasteiger partial charge >= 0.3 is 0 Å². The van der Waals surface area contributed by atoms with Crippen molar-refractivity contribution in [2.24, 2.45) is 5.41 Å². The number of hydrogen-bond donors (Lipinski definition) is 1. The van der Waals surface area contributed by atoms with Crippen molar-refractivity contribution >= 4 is 0 Å². The van der Waals surface area contributed by atoms with Crippen LogP contribution < -0.4 is 5.32 Å². The highest BCUT2D eigenvalue weighted by Crippen LogP contribution is 2.42. The fourth-order valence-electron chi connectivity index (χ4n) is 4.05. The van der Waals surface area contributed by atoms with Crippen molar-refractivity contribution in [1.29, 1.82) is 0 Å². The number of nitrogens with one attached hydrogen (secondary N) is 1. The molecule has 1 unspecified atom stereocenters. The lowest BCUT2D eigenvalue weighted by molar-refractivity contribution is -0.0161. The molecule has 2 aliphatic heterocycles. The Bertz CT molecular complexity index is 217. The Labute approximate surface area is 99.8 Å². The minimum Gasteiger partial charge on any atom is -0.313 e. The number of nitrogens with zero attached hydrogens (tertiary/aromatic N) is 1. The molecule has 3 rings (SSSR count). The van der Waals surface area contributed by atoms with E-state index in [-0.39, 0.29) is 0 Å². The second-order valence-electron chi connectivity index (χ2n) is 6.38. The van der Waals surface area contributed by atoms with Gasteiger partial charge in [-0.3, -0.25) is 0 Å². The van der Waals surface area contributed by atoms with E-state index in [2.05, 4.69) is 10.2 Å². The predicted octanol–water partition coefficient (Wildman–Crippen LogP) is 2.39. The Morgan fingerprint density at radius 3 is 2.38 bits per heavy atom. The predicted molar refractivity (Wildman–Crippen MR) is 67.6 cm³/mol. The van der Waals surface area contributed by atoms with E-state index in [9.17, 15) is 0 Å². The van der Waals surface area contributed by atoms with Gasteiger partial charge in [0.2, 0.25) is 0 Å². The third-order valence-corrected chi connectivity index (χ3v) is 4.92. The van der Waals surface area contributed by atoms with E-state index in [0.29, 0.717) is 0 Å². The minimum atomic E-state index is 0.759. The first-order chi connectivity index (χ1) is 7.86. The van der Waals surface area contributed by atoms with Gasteiger partial charge in [0.15, 0.2) is 0 Å². The molecule has 2 nitrogen and oxygen atoms in total. The highest BCUT2D eigenvalue weighted by molar-refractivity contribution is 4.97. The second-order valence-corrected chi connectivity index (χ2v) is 6.38. The molecule has 2 heteroatoms. The zero-order valence-corrected chi connectivity index (χ0v) is 10.5. The molecule has 16 heavy (non-hydrogen) atoms. The van der Waals surface area contributed by atoms with Crippen LogP contribution in [0.15, 0.2) is 0 Å². The van der Waals surface area contributed by atoms with Crippen LogP contribution in [0.5, 0.6) is 0 Å². The Morgan fingerprint density at radius 1 is 1.00 bits per heavy atom. The summed E-state index contributed by atoms with van der Waals surface area (Å²) in [6.07, 6.45) is 11.8. The quantitative estimate of drug-likeness (QED) is 0.772. The van der Waals surface area contributed by atoms with Gasteiger partial charge in [-0.15, -0.1) is 0 Å². The molecule has 0 bridgehead atoms. The monoisotopic (exact) mass is 222 g/mol. The Balaban J connectivity index is 1.45. The van der Waals surface area contributed by atoms with Crippen molar-refractivity contribution in [2.45, 2.75) is 57.4 Å². The minimum absolute atomic E-state index is 0.759. The fourth-order valence-corrected chi connectivity index (χ4v) is 4.05. The molecule has 2 heterocycles. The van der Waals surface area contributed by atoms with Gasteiger partial charge in [-0.1, -0.05) is 25.7 Å². The molecule has 3 fully saturated rings. The SMILES string of the molecule is C1CCCC2(CC1)CN(CC1CCCN1)C2. The summed E-state index contributed by atoms with van der Waals surface area (Å²) in [5.74, 6) is 0. The first-order valence-corrected chi connectivity index (χ1v) is 7.32. The molecule has 0 radical (unpaired) electrons. The normalized spacial score (nSPS) is 34.9. The van der Waals surface area contributed by atoms with Gasteiger partial charge < -0.3 is 10.2 Å². The Morgan fingerprint density at radius 2 is 1.75 bits per heavy atom. The molecule has 0 aromatic carbocycles. The maximum absolute atomic E-state index is 3.62. The van der Waals surface area contributed by atoms with Gasteiger partial charge in [0.05, 0.1) is 0 Å². The van der Waals surface area contributed by atoms with Gasteiger partial charge in [0, 0.05) is 25.7 Å². The van der Waals surface area contributed by atoms with Gasteiger partial charge in [-0.05, 0) is 37.6 Å². The first-order valence-electron chi connectivity index (χ1n) is 7.32. The standard InChI is InChI=1S/C14H26N2/c1-2-4-8-14(7-3-1)11-16(12-14)10-13-6-5-9-15-13/h13,15H,1-12H2. The number of likely N-dealkylation sites (tertiary alicyclic amines) is 1. The van der Waals surface area contributed by atoms with Crippen LogP contribution in [0.2, 0.25) is 0 Å². The molecule has 1 atom stereocenters. The summed E-state index contributed by atoms with van der Waals surface area (Å²) in [6, 6.07) is 0.808. The average molecular weight is 222 g/mol. The second kappa shape index (κ2) is 4.66. The van der Waals surface area contributed by atoms with Crippen LogP contribution in [0.1, 0.15) is 51.4 Å². The van der Waals surface area contributed by atoms with Gasteiger partial charge in [-0.2, -0.15) is 0 Å². The average Bonchev–Trinajstić information content (AvgIpc) is 2.60. The Kier molecular flexibility index (Phi) is 3.21. The smallest absolute Gasteiger partial charge is 0.0195 e. The fraction of sp³-hybridized carbons (Fsp3) is 1.00. The highest BCUT2D eigenvalue weighted by Gasteiger charge is 2.42. The van der Waals surface area contributed by atoms with Crippen molar-refractivity contribution in [3.8, 4) is 0 Å². The van der Waals surface area contributed by atoms with Crippen LogP contribution in [-0.4, -0.2) is 37.1 Å². The molecular weight excluding hydrogens is 196 g/mol. The molecule has 92 valence electrons. The largest absolute Gasteiger partial charge is 0.313 e. The van der Waals surface area contributed by atoms with Crippen LogP contribution >= 0.6 is 0 Å². The van der Waals surface area contributed by atoms with E-state index in [0.717, 1.165) is 11.5 Å². The van der Waals surface area contributed by atoms with E-state index in [1.54, 1.807) is 0 Å². The van der Waals surface area contributed by atoms with Crippen LogP contribution in [0.25, 0.3) is 0 Å². The van der Waals surface area contributed by atoms with E-state index in [1.165, 1.54) is 77.5 Å². The molecule has 3 aliphatic rings. The molecule has 2 saturated heterocycles. The van der Waals surface area contributed by atoms with E-state index >= 15 is 0 Å². The molecule has 1 saturated carbocycles. The first kappa shape index (κ1) is 11.0. The zero-order valence-electron chi connectivity index (χ0n) is 10.5. The molecule has 0 aromatic heterocycles. The maximum atomic E-state index is 3.62. The summed E-state index contributed by atoms with van der Waals surface area (Å²) < 4.78 is 0. The van der Waals surface area contributed by atoms with Crippen molar-refractivity contribution in [3.63, 3.8) is 0 Å². The van der Waals surface area contributed by atoms with E-state index < -0.39 is 0 Å². The van der Waals surface area contributed by atoms with Gasteiger partial charge in [0.1, 0.15) is 0 Å². The molecule has 0 amide bonds. The van der Waals surface area contributed by atoms with Crippen molar-refractivity contribution < 1.29 is 0 Å². The van der Waals surface area contributed by atoms with Crippen LogP contribution in [-0.2, 0) is 0 Å². The molecule has 1 aliphatic carbocycles. The van der Waals surface area contributed by atoms with Crippen molar-refractivity contribution in [3.05, 3.63) is 0 Å². The summed E-state index contributed by atoms with van der Waals surface area (Å²) in [6.45, 7) is 5.39. The highest BCUT2D eigenvalue weighted by atomic mass is 15.2. The molecule has 0 aromatic rings. The third-order valence-electron chi connectivity index (χ3n) is 4.92.